The Morgan fingerprint density at radius 3 is 1.60 bits per heavy atom. The van der Waals surface area contributed by atoms with Crippen LogP contribution in [-0.4, -0.2) is 0 Å². The van der Waals surface area contributed by atoms with Gasteiger partial charge in [-0.1, -0.05) is 168 Å². The van der Waals surface area contributed by atoms with Gasteiger partial charge < -0.3 is 0 Å². The van der Waals surface area contributed by atoms with E-state index in [1.165, 1.54) is 115 Å². The van der Waals surface area contributed by atoms with E-state index >= 15 is 0 Å². The summed E-state index contributed by atoms with van der Waals surface area (Å²) in [5, 5.41) is 15.7. The second kappa shape index (κ2) is 10.6. The zero-order valence-electron chi connectivity index (χ0n) is 30.9. The lowest BCUT2D eigenvalue weighted by Gasteiger charge is -2.22. The summed E-state index contributed by atoms with van der Waals surface area (Å²) in [5.41, 5.74) is 12.1. The average Bonchev–Trinajstić information content (AvgIpc) is 3.41. The Balaban J connectivity index is 1.06. The summed E-state index contributed by atoms with van der Waals surface area (Å²) in [6.07, 6.45) is 0. The van der Waals surface area contributed by atoms with Gasteiger partial charge in [0.15, 0.2) is 0 Å². The van der Waals surface area contributed by atoms with Crippen LogP contribution in [0.1, 0.15) is 51.3 Å². The van der Waals surface area contributed by atoms with Crippen LogP contribution in [0.2, 0.25) is 0 Å². The molecule has 10 aromatic carbocycles. The molecule has 0 amide bonds. The summed E-state index contributed by atoms with van der Waals surface area (Å²) in [4.78, 5) is 0. The molecule has 0 unspecified atom stereocenters. The fourth-order valence-electron chi connectivity index (χ4n) is 9.60. The predicted octanol–water partition coefficient (Wildman–Crippen LogP) is 15.0. The molecular weight excluding hydrogens is 637 g/mol. The van der Waals surface area contributed by atoms with Crippen LogP contribution in [0.15, 0.2) is 152 Å². The van der Waals surface area contributed by atoms with Crippen molar-refractivity contribution >= 4 is 64.6 Å². The SMILES string of the molecule is CC(C)(C)c1cc2ccc3ccc(-c4ccc5ccc6c7cc(-c8ccc9c(c8)C(C)(C)c8ccccc8-9)ccc7ccc6c5c4)c4ccc(c1)c2c34. The summed E-state index contributed by atoms with van der Waals surface area (Å²) in [6.45, 7) is 11.6. The van der Waals surface area contributed by atoms with Crippen LogP contribution in [-0.2, 0) is 10.8 Å². The highest BCUT2D eigenvalue weighted by molar-refractivity contribution is 6.26. The van der Waals surface area contributed by atoms with E-state index in [2.05, 4.69) is 186 Å². The Bertz CT molecular complexity index is 3150. The number of rotatable bonds is 2. The standard InChI is InChI=1S/C53H40/c1-52(2,3)39-26-37-15-12-33-18-21-40(45-25-20-38(27-39)50(37)51(33)45)36-14-11-32-17-22-41-42(47(32)29-36)23-16-31-10-13-34(28-46(31)41)35-19-24-44-43-8-6-7-9-48(43)53(4,5)49(44)30-35/h6-30H,1-5H3. The first kappa shape index (κ1) is 30.6. The Morgan fingerprint density at radius 1 is 0.358 bits per heavy atom. The van der Waals surface area contributed by atoms with E-state index in [4.69, 9.17) is 0 Å². The molecule has 0 heteroatoms. The molecule has 1 aliphatic rings. The smallest absolute Gasteiger partial charge is 0.0159 e. The quantitative estimate of drug-likeness (QED) is 0.160. The van der Waals surface area contributed by atoms with E-state index in [9.17, 15) is 0 Å². The molecule has 0 fully saturated rings. The molecule has 0 bridgehead atoms. The molecule has 0 aromatic heterocycles. The lowest BCUT2D eigenvalue weighted by Crippen LogP contribution is -2.14. The van der Waals surface area contributed by atoms with Gasteiger partial charge in [0.05, 0.1) is 0 Å². The summed E-state index contributed by atoms with van der Waals surface area (Å²) < 4.78 is 0. The van der Waals surface area contributed by atoms with Gasteiger partial charge in [-0.15, -0.1) is 0 Å². The topological polar surface area (TPSA) is 0 Å². The Morgan fingerprint density at radius 2 is 0.868 bits per heavy atom. The molecule has 11 rings (SSSR count). The Labute approximate surface area is 310 Å². The van der Waals surface area contributed by atoms with Gasteiger partial charge in [0.2, 0.25) is 0 Å². The lowest BCUT2D eigenvalue weighted by molar-refractivity contribution is 0.591. The van der Waals surface area contributed by atoms with Gasteiger partial charge in [0.25, 0.3) is 0 Å². The predicted molar refractivity (Wildman–Crippen MR) is 230 cm³/mol. The van der Waals surface area contributed by atoms with E-state index in [0.29, 0.717) is 0 Å². The average molecular weight is 677 g/mol. The molecule has 0 spiro atoms. The molecule has 0 atom stereocenters. The van der Waals surface area contributed by atoms with Gasteiger partial charge in [-0.2, -0.15) is 0 Å². The van der Waals surface area contributed by atoms with Gasteiger partial charge >= 0.3 is 0 Å². The summed E-state index contributed by atoms with van der Waals surface area (Å²) >= 11 is 0. The van der Waals surface area contributed by atoms with Crippen LogP contribution < -0.4 is 0 Å². The largest absolute Gasteiger partial charge is 0.0619 e. The van der Waals surface area contributed by atoms with Gasteiger partial charge in [-0.3, -0.25) is 0 Å². The van der Waals surface area contributed by atoms with Crippen LogP contribution >= 0.6 is 0 Å². The van der Waals surface area contributed by atoms with E-state index in [0.717, 1.165) is 0 Å². The van der Waals surface area contributed by atoms with Crippen LogP contribution in [0, 0.1) is 0 Å². The Kier molecular flexibility index (Phi) is 6.10. The molecule has 0 heterocycles. The van der Waals surface area contributed by atoms with Crippen LogP contribution in [0.5, 0.6) is 0 Å². The minimum absolute atomic E-state index is 0.0212. The lowest BCUT2D eigenvalue weighted by atomic mass is 9.81. The third kappa shape index (κ3) is 4.36. The third-order valence-electron chi connectivity index (χ3n) is 12.5. The van der Waals surface area contributed by atoms with Crippen molar-refractivity contribution in [3.63, 3.8) is 0 Å². The highest BCUT2D eigenvalue weighted by Gasteiger charge is 2.35. The van der Waals surface area contributed by atoms with Gasteiger partial charge in [0, 0.05) is 5.41 Å². The number of hydrogen-bond acceptors (Lipinski definition) is 0. The van der Waals surface area contributed by atoms with E-state index < -0.39 is 0 Å². The molecule has 0 nitrogen and oxygen atoms in total. The highest BCUT2D eigenvalue weighted by atomic mass is 14.4. The second-order valence-corrected chi connectivity index (χ2v) is 17.0. The zero-order chi connectivity index (χ0) is 35.8. The Hall–Kier alpha value is -5.98. The van der Waals surface area contributed by atoms with Crippen molar-refractivity contribution in [1.29, 1.82) is 0 Å². The molecule has 0 saturated carbocycles. The molecule has 1 aliphatic carbocycles. The van der Waals surface area contributed by atoms with Crippen molar-refractivity contribution in [3.05, 3.63) is 168 Å². The maximum absolute atomic E-state index is 2.43. The fourth-order valence-corrected chi connectivity index (χ4v) is 9.60. The second-order valence-electron chi connectivity index (χ2n) is 17.0. The zero-order valence-corrected chi connectivity index (χ0v) is 30.9. The molecule has 0 N–H and O–H groups in total. The summed E-state index contributed by atoms with van der Waals surface area (Å²) in [5.74, 6) is 0. The maximum atomic E-state index is 2.43. The molecule has 0 aliphatic heterocycles. The first-order valence-corrected chi connectivity index (χ1v) is 19.0. The summed E-state index contributed by atoms with van der Waals surface area (Å²) in [6, 6.07) is 58.0. The van der Waals surface area contributed by atoms with Crippen molar-refractivity contribution in [3.8, 4) is 33.4 Å². The van der Waals surface area contributed by atoms with Crippen molar-refractivity contribution in [2.24, 2.45) is 0 Å². The molecule has 53 heavy (non-hydrogen) atoms. The van der Waals surface area contributed by atoms with E-state index in [1.54, 1.807) is 0 Å². The molecular formula is C53H40. The fraction of sp³-hybridized carbons (Fsp3) is 0.132. The van der Waals surface area contributed by atoms with E-state index in [1.807, 2.05) is 0 Å². The van der Waals surface area contributed by atoms with Crippen molar-refractivity contribution in [2.45, 2.75) is 45.4 Å². The molecule has 0 saturated heterocycles. The molecule has 10 aromatic rings. The summed E-state index contributed by atoms with van der Waals surface area (Å²) in [7, 11) is 0. The number of benzene rings is 10. The van der Waals surface area contributed by atoms with Crippen LogP contribution in [0.4, 0.5) is 0 Å². The van der Waals surface area contributed by atoms with Crippen molar-refractivity contribution in [2.75, 3.05) is 0 Å². The van der Waals surface area contributed by atoms with E-state index in [-0.39, 0.29) is 10.8 Å². The van der Waals surface area contributed by atoms with Crippen molar-refractivity contribution < 1.29 is 0 Å². The monoisotopic (exact) mass is 676 g/mol. The van der Waals surface area contributed by atoms with Gasteiger partial charge in [-0.05, 0) is 138 Å². The van der Waals surface area contributed by atoms with Crippen molar-refractivity contribution in [1.82, 2.24) is 0 Å². The minimum Gasteiger partial charge on any atom is -0.0619 e. The van der Waals surface area contributed by atoms with Gasteiger partial charge in [-0.25, -0.2) is 0 Å². The first-order valence-electron chi connectivity index (χ1n) is 19.0. The number of hydrogen-bond donors (Lipinski definition) is 0. The molecule has 252 valence electrons. The molecule has 0 radical (unpaired) electrons. The third-order valence-corrected chi connectivity index (χ3v) is 12.5. The number of fused-ring (bicyclic) bond motifs is 8. The first-order chi connectivity index (χ1) is 25.6. The van der Waals surface area contributed by atoms with Gasteiger partial charge in [0.1, 0.15) is 0 Å². The van der Waals surface area contributed by atoms with Crippen LogP contribution in [0.3, 0.4) is 0 Å². The normalized spacial score (nSPS) is 13.9. The highest BCUT2D eigenvalue weighted by Crippen LogP contribution is 2.50. The maximum Gasteiger partial charge on any atom is 0.0159 e. The van der Waals surface area contributed by atoms with Crippen LogP contribution in [0.25, 0.3) is 98.0 Å². The minimum atomic E-state index is -0.0212.